The number of carbonyl (C=O) groups excluding carboxylic acids is 2. The first-order chi connectivity index (χ1) is 11.0. The van der Waals surface area contributed by atoms with Gasteiger partial charge in [-0.05, 0) is 54.9 Å². The molecule has 2 aliphatic carbocycles. The lowest BCUT2D eigenvalue weighted by atomic mass is 9.93. The Bertz CT molecular complexity index is 619. The Morgan fingerprint density at radius 2 is 1.70 bits per heavy atom. The summed E-state index contributed by atoms with van der Waals surface area (Å²) in [6.07, 6.45) is 7.03. The molecule has 0 spiro atoms. The molecule has 4 heteroatoms. The summed E-state index contributed by atoms with van der Waals surface area (Å²) in [6.45, 7) is 4.03. The summed E-state index contributed by atoms with van der Waals surface area (Å²) in [6, 6.07) is 7.33. The molecule has 3 rings (SSSR count). The molecule has 23 heavy (non-hydrogen) atoms. The van der Waals surface area contributed by atoms with E-state index in [2.05, 4.69) is 22.8 Å². The number of benzene rings is 1. The van der Waals surface area contributed by atoms with Crippen molar-refractivity contribution in [3.63, 3.8) is 0 Å². The lowest BCUT2D eigenvalue weighted by molar-refractivity contribution is -0.120. The summed E-state index contributed by atoms with van der Waals surface area (Å²) in [5.74, 6) is 1.58. The normalized spacial score (nSPS) is 24.9. The average molecular weight is 312 g/mol. The van der Waals surface area contributed by atoms with E-state index in [0.717, 1.165) is 24.2 Å². The highest BCUT2D eigenvalue weighted by Crippen LogP contribution is 2.43. The third-order valence-electron chi connectivity index (χ3n) is 4.65. The van der Waals surface area contributed by atoms with Crippen LogP contribution in [0.5, 0.6) is 0 Å². The van der Waals surface area contributed by atoms with Crippen LogP contribution in [0.1, 0.15) is 33.1 Å². The standard InChI is InChI=1S/C19H24N2O2/c1-12(2)9-18(22)20-15-5-7-16(8-6-15)21-19(23)17-11-13-3-4-14(17)10-13/h3-8,12-14,17H,9-11H2,1-2H3,(H,20,22)(H,21,23)/t13-,14-,17-/m0/s1. The lowest BCUT2D eigenvalue weighted by Gasteiger charge is -2.17. The van der Waals surface area contributed by atoms with E-state index in [0.29, 0.717) is 24.2 Å². The molecule has 122 valence electrons. The number of anilines is 2. The van der Waals surface area contributed by atoms with E-state index >= 15 is 0 Å². The first-order valence-corrected chi connectivity index (χ1v) is 8.40. The third-order valence-corrected chi connectivity index (χ3v) is 4.65. The average Bonchev–Trinajstić information content (AvgIpc) is 3.11. The Balaban J connectivity index is 1.54. The smallest absolute Gasteiger partial charge is 0.228 e. The van der Waals surface area contributed by atoms with Crippen molar-refractivity contribution >= 4 is 23.2 Å². The molecule has 0 saturated heterocycles. The quantitative estimate of drug-likeness (QED) is 0.812. The van der Waals surface area contributed by atoms with Gasteiger partial charge in [-0.25, -0.2) is 0 Å². The van der Waals surface area contributed by atoms with Crippen LogP contribution in [-0.4, -0.2) is 11.8 Å². The summed E-state index contributed by atoms with van der Waals surface area (Å²) in [4.78, 5) is 24.1. The van der Waals surface area contributed by atoms with E-state index in [4.69, 9.17) is 0 Å². The summed E-state index contributed by atoms with van der Waals surface area (Å²) < 4.78 is 0. The van der Waals surface area contributed by atoms with Crippen LogP contribution in [0.25, 0.3) is 0 Å². The maximum absolute atomic E-state index is 12.4. The molecule has 2 N–H and O–H groups in total. The van der Waals surface area contributed by atoms with Crippen molar-refractivity contribution < 1.29 is 9.59 Å². The van der Waals surface area contributed by atoms with E-state index in [9.17, 15) is 9.59 Å². The minimum absolute atomic E-state index is 0.0190. The van der Waals surface area contributed by atoms with E-state index in [-0.39, 0.29) is 17.7 Å². The Morgan fingerprint density at radius 1 is 1.04 bits per heavy atom. The van der Waals surface area contributed by atoms with Gasteiger partial charge in [-0.15, -0.1) is 0 Å². The molecule has 2 amide bonds. The van der Waals surface area contributed by atoms with Gasteiger partial charge in [0.1, 0.15) is 0 Å². The van der Waals surface area contributed by atoms with E-state index in [1.807, 2.05) is 38.1 Å². The number of amides is 2. The SMILES string of the molecule is CC(C)CC(=O)Nc1ccc(NC(=O)[C@H]2C[C@H]3C=C[C@H]2C3)cc1. The van der Waals surface area contributed by atoms with Crippen molar-refractivity contribution in [2.24, 2.45) is 23.7 Å². The van der Waals surface area contributed by atoms with Crippen LogP contribution in [0.2, 0.25) is 0 Å². The van der Waals surface area contributed by atoms with Gasteiger partial charge in [-0.2, -0.15) is 0 Å². The maximum Gasteiger partial charge on any atom is 0.228 e. The molecule has 1 fully saturated rings. The Hall–Kier alpha value is -2.10. The molecule has 0 unspecified atom stereocenters. The fraction of sp³-hybridized carbons (Fsp3) is 0.474. The zero-order chi connectivity index (χ0) is 16.4. The van der Waals surface area contributed by atoms with Crippen molar-refractivity contribution in [2.75, 3.05) is 10.6 Å². The largest absolute Gasteiger partial charge is 0.326 e. The van der Waals surface area contributed by atoms with E-state index in [1.54, 1.807) is 0 Å². The number of nitrogens with one attached hydrogen (secondary N) is 2. The second kappa shape index (κ2) is 6.57. The molecule has 0 aromatic heterocycles. The number of rotatable bonds is 5. The van der Waals surface area contributed by atoms with Crippen molar-refractivity contribution in [1.82, 2.24) is 0 Å². The summed E-state index contributed by atoms with van der Waals surface area (Å²) in [5, 5.41) is 5.87. The Morgan fingerprint density at radius 3 is 2.22 bits per heavy atom. The van der Waals surface area contributed by atoms with E-state index in [1.165, 1.54) is 0 Å². The van der Waals surface area contributed by atoms with Crippen molar-refractivity contribution in [2.45, 2.75) is 33.1 Å². The first kappa shape index (κ1) is 15.8. The highest BCUT2D eigenvalue weighted by Gasteiger charge is 2.39. The first-order valence-electron chi connectivity index (χ1n) is 8.40. The van der Waals surface area contributed by atoms with Crippen LogP contribution < -0.4 is 10.6 Å². The molecule has 3 atom stereocenters. The molecule has 1 aromatic carbocycles. The van der Waals surface area contributed by atoms with Crippen LogP contribution in [0, 0.1) is 23.7 Å². The number of fused-ring (bicyclic) bond motifs is 2. The predicted octanol–water partition coefficient (Wildman–Crippen LogP) is 3.82. The summed E-state index contributed by atoms with van der Waals surface area (Å²) >= 11 is 0. The van der Waals surface area contributed by atoms with Crippen LogP contribution in [0.4, 0.5) is 11.4 Å². The molecule has 0 heterocycles. The third kappa shape index (κ3) is 3.81. The molecule has 2 aliphatic rings. The fourth-order valence-corrected chi connectivity index (χ4v) is 3.54. The minimum Gasteiger partial charge on any atom is -0.326 e. The molecule has 1 saturated carbocycles. The molecule has 0 radical (unpaired) electrons. The Labute approximate surface area is 137 Å². The zero-order valence-corrected chi connectivity index (χ0v) is 13.7. The number of allylic oxidation sites excluding steroid dienone is 2. The van der Waals surface area contributed by atoms with Crippen molar-refractivity contribution in [3.05, 3.63) is 36.4 Å². The van der Waals surface area contributed by atoms with Gasteiger partial charge < -0.3 is 10.6 Å². The van der Waals surface area contributed by atoms with Crippen LogP contribution in [0.15, 0.2) is 36.4 Å². The van der Waals surface area contributed by atoms with Gasteiger partial charge in [0, 0.05) is 23.7 Å². The monoisotopic (exact) mass is 312 g/mol. The van der Waals surface area contributed by atoms with Crippen LogP contribution in [0.3, 0.4) is 0 Å². The molecule has 0 aliphatic heterocycles. The van der Waals surface area contributed by atoms with Gasteiger partial charge in [-0.3, -0.25) is 9.59 Å². The number of hydrogen-bond donors (Lipinski definition) is 2. The molecule has 2 bridgehead atoms. The topological polar surface area (TPSA) is 58.2 Å². The molecular formula is C19H24N2O2. The second-order valence-corrected chi connectivity index (χ2v) is 7.10. The number of carbonyl (C=O) groups is 2. The second-order valence-electron chi connectivity index (χ2n) is 7.10. The summed E-state index contributed by atoms with van der Waals surface area (Å²) in [5.41, 5.74) is 1.54. The fourth-order valence-electron chi connectivity index (χ4n) is 3.54. The molecular weight excluding hydrogens is 288 g/mol. The van der Waals surface area contributed by atoms with Gasteiger partial charge in [0.15, 0.2) is 0 Å². The van der Waals surface area contributed by atoms with E-state index < -0.39 is 0 Å². The molecule has 4 nitrogen and oxygen atoms in total. The maximum atomic E-state index is 12.4. The number of hydrogen-bond acceptors (Lipinski definition) is 2. The molecule has 1 aromatic rings. The van der Waals surface area contributed by atoms with Gasteiger partial charge in [0.2, 0.25) is 11.8 Å². The van der Waals surface area contributed by atoms with Crippen LogP contribution >= 0.6 is 0 Å². The van der Waals surface area contributed by atoms with Crippen molar-refractivity contribution in [3.8, 4) is 0 Å². The van der Waals surface area contributed by atoms with Crippen molar-refractivity contribution in [1.29, 1.82) is 0 Å². The van der Waals surface area contributed by atoms with Gasteiger partial charge in [0.05, 0.1) is 0 Å². The highest BCUT2D eigenvalue weighted by molar-refractivity contribution is 5.94. The van der Waals surface area contributed by atoms with Gasteiger partial charge >= 0.3 is 0 Å². The van der Waals surface area contributed by atoms with Crippen LogP contribution in [-0.2, 0) is 9.59 Å². The lowest BCUT2D eigenvalue weighted by Crippen LogP contribution is -2.25. The summed E-state index contributed by atoms with van der Waals surface area (Å²) in [7, 11) is 0. The van der Waals surface area contributed by atoms with Gasteiger partial charge in [0.25, 0.3) is 0 Å². The van der Waals surface area contributed by atoms with Gasteiger partial charge in [-0.1, -0.05) is 26.0 Å². The minimum atomic E-state index is 0.0190. The predicted molar refractivity (Wildman–Crippen MR) is 92.0 cm³/mol. The highest BCUT2D eigenvalue weighted by atomic mass is 16.2. The Kier molecular flexibility index (Phi) is 4.51. The zero-order valence-electron chi connectivity index (χ0n) is 13.7.